The number of carbonyl (C=O) groups excluding carboxylic acids is 1. The number of sulfonamides is 1. The van der Waals surface area contributed by atoms with Gasteiger partial charge in [0.15, 0.2) is 10.7 Å². The maximum absolute atomic E-state index is 13.6. The van der Waals surface area contributed by atoms with Gasteiger partial charge in [0.05, 0.1) is 6.04 Å². The second kappa shape index (κ2) is 10.6. The van der Waals surface area contributed by atoms with Gasteiger partial charge in [0.1, 0.15) is 5.69 Å². The lowest BCUT2D eigenvalue weighted by atomic mass is 9.87. The van der Waals surface area contributed by atoms with Crippen molar-refractivity contribution in [3.63, 3.8) is 0 Å². The van der Waals surface area contributed by atoms with Gasteiger partial charge in [-0.15, -0.1) is 0 Å². The maximum atomic E-state index is 13.6. The minimum Gasteiger partial charge on any atom is -0.355 e. The van der Waals surface area contributed by atoms with Gasteiger partial charge in [0.2, 0.25) is 15.9 Å². The average molecular weight is 520 g/mol. The fraction of sp³-hybridized carbons (Fsp3) is 0.379. The lowest BCUT2D eigenvalue weighted by molar-refractivity contribution is -0.127. The summed E-state index contributed by atoms with van der Waals surface area (Å²) < 4.78 is 34.0. The van der Waals surface area contributed by atoms with E-state index in [1.165, 1.54) is 15.4 Å². The number of aryl methyl sites for hydroxylation is 3. The molecule has 7 nitrogen and oxygen atoms in total. The van der Waals surface area contributed by atoms with Crippen molar-refractivity contribution < 1.29 is 17.7 Å². The van der Waals surface area contributed by atoms with Crippen LogP contribution in [0.5, 0.6) is 0 Å². The number of benzene rings is 2. The Hall–Kier alpha value is -3.23. The van der Waals surface area contributed by atoms with Crippen LogP contribution in [0.15, 0.2) is 57.9 Å². The molecule has 0 spiro atoms. The number of piperidine rings is 1. The summed E-state index contributed by atoms with van der Waals surface area (Å²) in [6.07, 6.45) is 7.47. The minimum atomic E-state index is -3.81. The molecule has 0 radical (unpaired) electrons. The van der Waals surface area contributed by atoms with Crippen LogP contribution in [0, 0.1) is 19.8 Å². The zero-order chi connectivity index (χ0) is 26.0. The van der Waals surface area contributed by atoms with E-state index in [4.69, 9.17) is 4.52 Å². The first-order chi connectivity index (χ1) is 17.8. The number of fused-ring (bicyclic) bond motifs is 1. The average Bonchev–Trinajstić information content (AvgIpc) is 3.29. The Morgan fingerprint density at radius 3 is 2.51 bits per heavy atom. The van der Waals surface area contributed by atoms with Crippen molar-refractivity contribution in [2.45, 2.75) is 56.9 Å². The van der Waals surface area contributed by atoms with E-state index in [1.54, 1.807) is 13.0 Å². The molecule has 5 rings (SSSR count). The third-order valence-corrected chi connectivity index (χ3v) is 9.50. The molecule has 2 heterocycles. The molecule has 2 aliphatic rings. The first kappa shape index (κ1) is 25.4. The van der Waals surface area contributed by atoms with Crippen LogP contribution in [0.1, 0.15) is 65.4 Å². The maximum Gasteiger partial charge on any atom is 0.248 e. The number of aromatic nitrogens is 1. The highest BCUT2D eigenvalue weighted by Crippen LogP contribution is 2.32. The SMILES string of the molecule is Cc1ccc(/C=C/c2onc(C)c2S(=O)(=O)N2CCC(C(=O)NC3CCCc4ccccc43)CC2)cc1. The van der Waals surface area contributed by atoms with Crippen molar-refractivity contribution in [3.05, 3.63) is 82.2 Å². The largest absolute Gasteiger partial charge is 0.355 e. The zero-order valence-electron chi connectivity index (χ0n) is 21.3. The van der Waals surface area contributed by atoms with E-state index < -0.39 is 10.0 Å². The normalized spacial score (nSPS) is 19.1. The third kappa shape index (κ3) is 5.40. The van der Waals surface area contributed by atoms with Crippen LogP contribution in [0.4, 0.5) is 0 Å². The van der Waals surface area contributed by atoms with E-state index >= 15 is 0 Å². The van der Waals surface area contributed by atoms with Crippen LogP contribution in [0.3, 0.4) is 0 Å². The minimum absolute atomic E-state index is 0.0154. The molecule has 194 valence electrons. The van der Waals surface area contributed by atoms with E-state index in [0.717, 1.165) is 30.4 Å². The molecule has 1 atom stereocenters. The number of rotatable bonds is 6. The number of amides is 1. The van der Waals surface area contributed by atoms with E-state index in [-0.39, 0.29) is 41.6 Å². The molecular formula is C29H33N3O4S. The summed E-state index contributed by atoms with van der Waals surface area (Å²) in [6.45, 7) is 4.22. The van der Waals surface area contributed by atoms with Crippen molar-refractivity contribution in [2.75, 3.05) is 13.1 Å². The number of carbonyl (C=O) groups is 1. The first-order valence-corrected chi connectivity index (χ1v) is 14.4. The van der Waals surface area contributed by atoms with Crippen molar-refractivity contribution in [1.29, 1.82) is 0 Å². The Bertz CT molecular complexity index is 1400. The highest BCUT2D eigenvalue weighted by atomic mass is 32.2. The lowest BCUT2D eigenvalue weighted by Gasteiger charge is -2.32. The molecular weight excluding hydrogens is 486 g/mol. The van der Waals surface area contributed by atoms with Gasteiger partial charge in [-0.25, -0.2) is 8.42 Å². The molecule has 0 saturated carbocycles. The zero-order valence-corrected chi connectivity index (χ0v) is 22.1. The second-order valence-electron chi connectivity index (χ2n) is 10.0. The molecule has 1 aromatic heterocycles. The molecule has 2 aromatic carbocycles. The molecule has 8 heteroatoms. The van der Waals surface area contributed by atoms with Crippen LogP contribution in [0.25, 0.3) is 12.2 Å². The van der Waals surface area contributed by atoms with Crippen LogP contribution in [-0.4, -0.2) is 36.9 Å². The van der Waals surface area contributed by atoms with Gasteiger partial charge in [-0.2, -0.15) is 4.31 Å². The number of hydrogen-bond donors (Lipinski definition) is 1. The fourth-order valence-corrected chi connectivity index (χ4v) is 7.05. The topological polar surface area (TPSA) is 92.5 Å². The first-order valence-electron chi connectivity index (χ1n) is 12.9. The van der Waals surface area contributed by atoms with Crippen LogP contribution < -0.4 is 5.32 Å². The Morgan fingerprint density at radius 1 is 1.03 bits per heavy atom. The second-order valence-corrected chi connectivity index (χ2v) is 11.9. The molecule has 1 aliphatic carbocycles. The number of nitrogens with one attached hydrogen (secondary N) is 1. The molecule has 1 aliphatic heterocycles. The Labute approximate surface area is 218 Å². The molecule has 1 fully saturated rings. The Kier molecular flexibility index (Phi) is 7.31. The quantitative estimate of drug-likeness (QED) is 0.492. The number of nitrogens with zero attached hydrogens (tertiary/aromatic N) is 2. The molecule has 37 heavy (non-hydrogen) atoms. The predicted molar refractivity (Wildman–Crippen MR) is 143 cm³/mol. The van der Waals surface area contributed by atoms with E-state index in [2.05, 4.69) is 22.6 Å². The fourth-order valence-electron chi connectivity index (χ4n) is 5.33. The van der Waals surface area contributed by atoms with Crippen molar-refractivity contribution in [2.24, 2.45) is 5.92 Å². The van der Waals surface area contributed by atoms with Crippen molar-refractivity contribution in [3.8, 4) is 0 Å². The smallest absolute Gasteiger partial charge is 0.248 e. The van der Waals surface area contributed by atoms with Crippen LogP contribution >= 0.6 is 0 Å². The summed E-state index contributed by atoms with van der Waals surface area (Å²) in [6, 6.07) is 16.2. The monoisotopic (exact) mass is 519 g/mol. The van der Waals surface area contributed by atoms with Crippen LogP contribution in [0.2, 0.25) is 0 Å². The molecule has 3 aromatic rings. The summed E-state index contributed by atoms with van der Waals surface area (Å²) in [7, 11) is -3.81. The highest BCUT2D eigenvalue weighted by Gasteiger charge is 2.36. The predicted octanol–water partition coefficient (Wildman–Crippen LogP) is 5.06. The van der Waals surface area contributed by atoms with E-state index in [9.17, 15) is 13.2 Å². The van der Waals surface area contributed by atoms with Crippen LogP contribution in [-0.2, 0) is 21.2 Å². The van der Waals surface area contributed by atoms with E-state index in [1.807, 2.05) is 49.4 Å². The summed E-state index contributed by atoms with van der Waals surface area (Å²) >= 11 is 0. The molecule has 1 unspecified atom stereocenters. The van der Waals surface area contributed by atoms with Gasteiger partial charge in [-0.1, -0.05) is 65.3 Å². The van der Waals surface area contributed by atoms with Gasteiger partial charge in [-0.05, 0) is 68.7 Å². The van der Waals surface area contributed by atoms with Gasteiger partial charge in [0.25, 0.3) is 0 Å². The van der Waals surface area contributed by atoms with Gasteiger partial charge in [0, 0.05) is 19.0 Å². The highest BCUT2D eigenvalue weighted by molar-refractivity contribution is 7.89. The van der Waals surface area contributed by atoms with Gasteiger partial charge < -0.3 is 9.84 Å². The lowest BCUT2D eigenvalue weighted by Crippen LogP contribution is -2.44. The van der Waals surface area contributed by atoms with Crippen molar-refractivity contribution >= 4 is 28.1 Å². The molecule has 0 bridgehead atoms. The van der Waals surface area contributed by atoms with Crippen molar-refractivity contribution in [1.82, 2.24) is 14.8 Å². The standard InChI is InChI=1S/C29H33N3O4S/c1-20-10-12-22(13-11-20)14-15-27-28(21(2)31-36-27)37(34,35)32-18-16-24(17-19-32)29(33)30-26-9-5-7-23-6-3-4-8-25(23)26/h3-4,6,8,10-15,24,26H,5,7,9,16-19H2,1-2H3,(H,30,33)/b15-14+. The summed E-state index contributed by atoms with van der Waals surface area (Å²) in [5, 5.41) is 7.17. The summed E-state index contributed by atoms with van der Waals surface area (Å²) in [5.41, 5.74) is 4.93. The molecule has 1 amide bonds. The Balaban J connectivity index is 1.25. The molecule has 1 saturated heterocycles. The molecule has 1 N–H and O–H groups in total. The number of hydrogen-bond acceptors (Lipinski definition) is 5. The summed E-state index contributed by atoms with van der Waals surface area (Å²) in [4.78, 5) is 13.2. The van der Waals surface area contributed by atoms with E-state index in [0.29, 0.717) is 18.5 Å². The third-order valence-electron chi connectivity index (χ3n) is 7.45. The summed E-state index contributed by atoms with van der Waals surface area (Å²) in [5.74, 6) is 0.0283. The Morgan fingerprint density at radius 2 is 1.76 bits per heavy atom. The van der Waals surface area contributed by atoms with Gasteiger partial charge >= 0.3 is 0 Å². The van der Waals surface area contributed by atoms with Gasteiger partial charge in [-0.3, -0.25) is 4.79 Å².